The van der Waals surface area contributed by atoms with Crippen molar-refractivity contribution in [3.63, 3.8) is 0 Å². The number of ether oxygens (including phenoxy) is 3. The standard InChI is InChI=1S/C16H21N2O3/c1-5-6-17-7-8-18(12-17)11-13-9-14(19-2)16(21-4)15(10-13)20-3/h5,7-10,12H,1,6,11H2,2-4H3/q+1. The maximum Gasteiger partial charge on any atom is 0.244 e. The molecule has 1 aromatic carbocycles. The van der Waals surface area contributed by atoms with Gasteiger partial charge < -0.3 is 14.2 Å². The fraction of sp³-hybridized carbons (Fsp3) is 0.312. The number of nitrogens with zero attached hydrogens (tertiary/aromatic N) is 2. The summed E-state index contributed by atoms with van der Waals surface area (Å²) < 4.78 is 20.2. The molecule has 0 unspecified atom stereocenters. The molecule has 0 aliphatic rings. The second kappa shape index (κ2) is 6.83. The fourth-order valence-corrected chi connectivity index (χ4v) is 2.23. The summed E-state index contributed by atoms with van der Waals surface area (Å²) in [4.78, 5) is 0. The number of methoxy groups -OCH3 is 3. The van der Waals surface area contributed by atoms with Crippen LogP contribution >= 0.6 is 0 Å². The number of hydrogen-bond acceptors (Lipinski definition) is 3. The number of aromatic nitrogens is 2. The first-order valence-electron chi connectivity index (χ1n) is 6.66. The van der Waals surface area contributed by atoms with Crippen molar-refractivity contribution in [2.75, 3.05) is 21.3 Å². The smallest absolute Gasteiger partial charge is 0.244 e. The van der Waals surface area contributed by atoms with Gasteiger partial charge in [0.15, 0.2) is 11.5 Å². The van der Waals surface area contributed by atoms with E-state index in [0.717, 1.165) is 18.7 Å². The van der Waals surface area contributed by atoms with Crippen LogP contribution in [0, 0.1) is 0 Å². The fourth-order valence-electron chi connectivity index (χ4n) is 2.23. The zero-order valence-corrected chi connectivity index (χ0v) is 12.7. The average molecular weight is 289 g/mol. The summed E-state index contributed by atoms with van der Waals surface area (Å²) in [6.45, 7) is 5.25. The van der Waals surface area contributed by atoms with Crippen LogP contribution in [0.15, 0.2) is 43.5 Å². The van der Waals surface area contributed by atoms with Gasteiger partial charge >= 0.3 is 0 Å². The van der Waals surface area contributed by atoms with Crippen LogP contribution in [0.25, 0.3) is 0 Å². The summed E-state index contributed by atoms with van der Waals surface area (Å²) in [7, 11) is 4.84. The second-order valence-corrected chi connectivity index (χ2v) is 4.61. The Morgan fingerprint density at radius 3 is 2.33 bits per heavy atom. The minimum Gasteiger partial charge on any atom is -0.493 e. The van der Waals surface area contributed by atoms with Gasteiger partial charge in [0.1, 0.15) is 25.5 Å². The molecule has 0 saturated carbocycles. The van der Waals surface area contributed by atoms with Crippen LogP contribution in [0.1, 0.15) is 5.56 Å². The number of imidazole rings is 1. The molecule has 0 saturated heterocycles. The molecular formula is C16H21N2O3+. The van der Waals surface area contributed by atoms with E-state index in [1.54, 1.807) is 21.3 Å². The molecule has 21 heavy (non-hydrogen) atoms. The molecular weight excluding hydrogens is 268 g/mol. The van der Waals surface area contributed by atoms with Gasteiger partial charge in [0, 0.05) is 5.56 Å². The van der Waals surface area contributed by atoms with Crippen LogP contribution in [-0.2, 0) is 13.1 Å². The van der Waals surface area contributed by atoms with Crippen molar-refractivity contribution in [1.82, 2.24) is 4.57 Å². The Hall–Kier alpha value is -2.43. The highest BCUT2D eigenvalue weighted by atomic mass is 16.5. The van der Waals surface area contributed by atoms with E-state index in [1.165, 1.54) is 0 Å². The van der Waals surface area contributed by atoms with E-state index in [9.17, 15) is 0 Å². The lowest BCUT2D eigenvalue weighted by Crippen LogP contribution is -2.31. The molecule has 0 bridgehead atoms. The number of allylic oxidation sites excluding steroid dienone is 1. The summed E-state index contributed by atoms with van der Waals surface area (Å²) in [6, 6.07) is 3.92. The molecule has 0 aliphatic heterocycles. The Kier molecular flexibility index (Phi) is 4.87. The van der Waals surface area contributed by atoms with Crippen molar-refractivity contribution < 1.29 is 18.8 Å². The number of hydrogen-bond donors (Lipinski definition) is 0. The molecule has 5 nitrogen and oxygen atoms in total. The van der Waals surface area contributed by atoms with Gasteiger partial charge in [0.25, 0.3) is 0 Å². The third kappa shape index (κ3) is 3.37. The van der Waals surface area contributed by atoms with Gasteiger partial charge in [0.05, 0.1) is 21.3 Å². The SMILES string of the molecule is C=CCn1cc[n+](Cc2cc(OC)c(OC)c(OC)c2)c1. The van der Waals surface area contributed by atoms with Crippen LogP contribution in [0.5, 0.6) is 17.2 Å². The molecule has 0 fully saturated rings. The van der Waals surface area contributed by atoms with Crippen molar-refractivity contribution in [1.29, 1.82) is 0 Å². The number of rotatable bonds is 7. The van der Waals surface area contributed by atoms with Crippen molar-refractivity contribution in [3.05, 3.63) is 49.1 Å². The molecule has 1 heterocycles. The van der Waals surface area contributed by atoms with Gasteiger partial charge in [-0.1, -0.05) is 12.7 Å². The summed E-state index contributed by atoms with van der Waals surface area (Å²) in [5, 5.41) is 0. The van der Waals surface area contributed by atoms with Gasteiger partial charge in [-0.3, -0.25) is 0 Å². The van der Waals surface area contributed by atoms with Crippen LogP contribution < -0.4 is 18.8 Å². The van der Waals surface area contributed by atoms with E-state index in [-0.39, 0.29) is 0 Å². The van der Waals surface area contributed by atoms with Gasteiger partial charge in [-0.2, -0.15) is 0 Å². The van der Waals surface area contributed by atoms with Crippen molar-refractivity contribution in [3.8, 4) is 17.2 Å². The summed E-state index contributed by atoms with van der Waals surface area (Å²) in [6.07, 6.45) is 7.93. The molecule has 1 aromatic heterocycles. The molecule has 5 heteroatoms. The summed E-state index contributed by atoms with van der Waals surface area (Å²) in [5.74, 6) is 1.94. The number of benzene rings is 1. The Bertz CT molecular complexity index is 595. The van der Waals surface area contributed by atoms with E-state index in [4.69, 9.17) is 14.2 Å². The van der Waals surface area contributed by atoms with Crippen LogP contribution in [-0.4, -0.2) is 25.9 Å². The van der Waals surface area contributed by atoms with Gasteiger partial charge in [-0.15, -0.1) is 0 Å². The van der Waals surface area contributed by atoms with E-state index in [0.29, 0.717) is 17.2 Å². The molecule has 0 N–H and O–H groups in total. The van der Waals surface area contributed by atoms with Crippen LogP contribution in [0.4, 0.5) is 0 Å². The highest BCUT2D eigenvalue weighted by molar-refractivity contribution is 5.53. The van der Waals surface area contributed by atoms with Crippen LogP contribution in [0.3, 0.4) is 0 Å². The second-order valence-electron chi connectivity index (χ2n) is 4.61. The normalized spacial score (nSPS) is 10.2. The molecule has 0 spiro atoms. The van der Waals surface area contributed by atoms with Gasteiger partial charge in [-0.25, -0.2) is 9.13 Å². The van der Waals surface area contributed by atoms with E-state index in [2.05, 4.69) is 15.7 Å². The summed E-state index contributed by atoms with van der Waals surface area (Å²) >= 11 is 0. The van der Waals surface area contributed by atoms with E-state index >= 15 is 0 Å². The molecule has 0 amide bonds. The van der Waals surface area contributed by atoms with Gasteiger partial charge in [0.2, 0.25) is 12.1 Å². The molecule has 2 rings (SSSR count). The first-order chi connectivity index (χ1) is 10.2. The van der Waals surface area contributed by atoms with E-state index < -0.39 is 0 Å². The van der Waals surface area contributed by atoms with Crippen molar-refractivity contribution in [2.24, 2.45) is 0 Å². The molecule has 0 atom stereocenters. The predicted octanol–water partition coefficient (Wildman–Crippen LogP) is 2.04. The quantitative estimate of drug-likeness (QED) is 0.578. The highest BCUT2D eigenvalue weighted by Gasteiger charge is 2.14. The summed E-state index contributed by atoms with van der Waals surface area (Å²) in [5.41, 5.74) is 1.07. The minimum atomic E-state index is 0.609. The largest absolute Gasteiger partial charge is 0.493 e. The maximum absolute atomic E-state index is 5.37. The van der Waals surface area contributed by atoms with Crippen molar-refractivity contribution >= 4 is 0 Å². The minimum absolute atomic E-state index is 0.609. The van der Waals surface area contributed by atoms with E-state index in [1.807, 2.05) is 36.9 Å². The highest BCUT2D eigenvalue weighted by Crippen LogP contribution is 2.38. The Morgan fingerprint density at radius 2 is 1.81 bits per heavy atom. The molecule has 0 aliphatic carbocycles. The maximum atomic E-state index is 5.37. The Labute approximate surface area is 125 Å². The van der Waals surface area contributed by atoms with Crippen LogP contribution in [0.2, 0.25) is 0 Å². The predicted molar refractivity (Wildman–Crippen MR) is 80.0 cm³/mol. The Balaban J connectivity index is 2.28. The monoisotopic (exact) mass is 289 g/mol. The van der Waals surface area contributed by atoms with Crippen molar-refractivity contribution in [2.45, 2.75) is 13.1 Å². The molecule has 0 radical (unpaired) electrons. The lowest BCUT2D eigenvalue weighted by atomic mass is 10.2. The molecule has 2 aromatic rings. The topological polar surface area (TPSA) is 36.5 Å². The lowest BCUT2D eigenvalue weighted by molar-refractivity contribution is -0.687. The zero-order chi connectivity index (χ0) is 15.2. The van der Waals surface area contributed by atoms with Gasteiger partial charge in [-0.05, 0) is 12.1 Å². The third-order valence-electron chi connectivity index (χ3n) is 3.18. The lowest BCUT2D eigenvalue weighted by Gasteiger charge is -2.13. The third-order valence-corrected chi connectivity index (χ3v) is 3.18. The first kappa shape index (κ1) is 15.0. The zero-order valence-electron chi connectivity index (χ0n) is 12.7. The first-order valence-corrected chi connectivity index (χ1v) is 6.66. The molecule has 112 valence electrons. The average Bonchev–Trinajstić information content (AvgIpc) is 2.93. The Morgan fingerprint density at radius 1 is 1.14 bits per heavy atom.